The summed E-state index contributed by atoms with van der Waals surface area (Å²) in [5, 5.41) is 3.85. The number of fused-ring (bicyclic) bond motifs is 2. The van der Waals surface area contributed by atoms with E-state index in [1.807, 2.05) is 66.7 Å². The zero-order valence-electron chi connectivity index (χ0n) is 16.2. The van der Waals surface area contributed by atoms with Gasteiger partial charge in [-0.2, -0.15) is 0 Å². The van der Waals surface area contributed by atoms with Gasteiger partial charge >= 0.3 is 0 Å². The van der Waals surface area contributed by atoms with Crippen LogP contribution in [-0.4, -0.2) is 32.4 Å². The topological polar surface area (TPSA) is 83.6 Å². The maximum Gasteiger partial charge on any atom is 0.252 e. The summed E-state index contributed by atoms with van der Waals surface area (Å²) in [6.45, 7) is 0.486. The fourth-order valence-electron chi connectivity index (χ4n) is 3.55. The molecule has 0 unspecified atom stereocenters. The molecule has 6 nitrogen and oxygen atoms in total. The predicted octanol–water partition coefficient (Wildman–Crippen LogP) is 4.15. The Labute approximate surface area is 173 Å². The van der Waals surface area contributed by atoms with Crippen molar-refractivity contribution in [3.63, 3.8) is 0 Å². The van der Waals surface area contributed by atoms with Crippen LogP contribution in [0.3, 0.4) is 0 Å². The lowest BCUT2D eigenvalue weighted by atomic mass is 10.0. The summed E-state index contributed by atoms with van der Waals surface area (Å²) in [6.07, 6.45) is 4.07. The third-order valence-corrected chi connectivity index (χ3v) is 5.02. The van der Waals surface area contributed by atoms with Crippen LogP contribution in [0.1, 0.15) is 16.2 Å². The van der Waals surface area contributed by atoms with Gasteiger partial charge in [-0.3, -0.25) is 9.78 Å². The molecule has 0 aliphatic carbocycles. The molecule has 5 aromatic rings. The van der Waals surface area contributed by atoms with Crippen LogP contribution in [0.4, 0.5) is 0 Å². The highest BCUT2D eigenvalue weighted by Gasteiger charge is 2.14. The van der Waals surface area contributed by atoms with Crippen molar-refractivity contribution in [1.29, 1.82) is 0 Å². The van der Waals surface area contributed by atoms with Crippen molar-refractivity contribution in [1.82, 2.24) is 25.3 Å². The maximum atomic E-state index is 13.0. The van der Waals surface area contributed by atoms with Gasteiger partial charge in [0, 0.05) is 36.3 Å². The number of hydrogen-bond acceptors (Lipinski definition) is 4. The first-order chi connectivity index (χ1) is 14.8. The van der Waals surface area contributed by atoms with E-state index >= 15 is 0 Å². The maximum absolute atomic E-state index is 13.0. The summed E-state index contributed by atoms with van der Waals surface area (Å²) < 4.78 is 0. The number of H-pyrrole nitrogens is 1. The number of aromatic nitrogens is 4. The summed E-state index contributed by atoms with van der Waals surface area (Å²) in [5.41, 5.74) is 5.00. The van der Waals surface area contributed by atoms with Gasteiger partial charge in [-0.1, -0.05) is 30.3 Å². The number of nitrogens with one attached hydrogen (secondary N) is 2. The molecule has 146 valence electrons. The van der Waals surface area contributed by atoms with Crippen LogP contribution in [-0.2, 0) is 6.42 Å². The highest BCUT2D eigenvalue weighted by Crippen LogP contribution is 2.24. The Morgan fingerprint density at radius 3 is 2.50 bits per heavy atom. The van der Waals surface area contributed by atoms with E-state index in [0.29, 0.717) is 18.5 Å². The van der Waals surface area contributed by atoms with Gasteiger partial charge in [0.15, 0.2) is 0 Å². The molecule has 3 heterocycles. The molecule has 0 aliphatic rings. The number of aromatic amines is 1. The van der Waals surface area contributed by atoms with Crippen molar-refractivity contribution >= 4 is 27.8 Å². The van der Waals surface area contributed by atoms with Crippen molar-refractivity contribution in [2.24, 2.45) is 0 Å². The van der Waals surface area contributed by atoms with Gasteiger partial charge in [-0.25, -0.2) is 9.97 Å². The average molecular weight is 393 g/mol. The predicted molar refractivity (Wildman–Crippen MR) is 117 cm³/mol. The smallest absolute Gasteiger partial charge is 0.252 e. The van der Waals surface area contributed by atoms with Gasteiger partial charge in [-0.15, -0.1) is 0 Å². The molecule has 30 heavy (non-hydrogen) atoms. The number of pyridine rings is 2. The Morgan fingerprint density at radius 2 is 1.67 bits per heavy atom. The van der Waals surface area contributed by atoms with Gasteiger partial charge in [0.05, 0.1) is 27.8 Å². The van der Waals surface area contributed by atoms with Crippen molar-refractivity contribution in [2.75, 3.05) is 6.54 Å². The van der Waals surface area contributed by atoms with Crippen molar-refractivity contribution in [3.8, 4) is 11.3 Å². The number of benzene rings is 2. The van der Waals surface area contributed by atoms with E-state index in [1.54, 1.807) is 12.4 Å². The lowest BCUT2D eigenvalue weighted by Gasteiger charge is -2.10. The fourth-order valence-corrected chi connectivity index (χ4v) is 3.55. The molecular weight excluding hydrogens is 374 g/mol. The van der Waals surface area contributed by atoms with Crippen LogP contribution in [0.2, 0.25) is 0 Å². The van der Waals surface area contributed by atoms with Crippen molar-refractivity contribution in [3.05, 3.63) is 90.5 Å². The van der Waals surface area contributed by atoms with Crippen LogP contribution < -0.4 is 5.32 Å². The molecule has 1 amide bonds. The molecule has 5 rings (SSSR count). The van der Waals surface area contributed by atoms with E-state index in [4.69, 9.17) is 4.98 Å². The molecule has 2 aromatic carbocycles. The molecule has 6 heteroatoms. The summed E-state index contributed by atoms with van der Waals surface area (Å²) in [7, 11) is 0. The first-order valence-electron chi connectivity index (χ1n) is 9.80. The third-order valence-electron chi connectivity index (χ3n) is 5.02. The highest BCUT2D eigenvalue weighted by atomic mass is 16.1. The largest absolute Gasteiger partial charge is 0.352 e. The number of rotatable bonds is 5. The Kier molecular flexibility index (Phi) is 4.65. The van der Waals surface area contributed by atoms with E-state index in [2.05, 4.69) is 20.3 Å². The number of para-hydroxylation sites is 3. The van der Waals surface area contributed by atoms with E-state index in [-0.39, 0.29) is 5.91 Å². The van der Waals surface area contributed by atoms with Crippen LogP contribution >= 0.6 is 0 Å². The molecule has 3 aromatic heterocycles. The Hall–Kier alpha value is -4.06. The summed E-state index contributed by atoms with van der Waals surface area (Å²) >= 11 is 0. The SMILES string of the molecule is O=C(NCCc1nc2ccccc2[nH]1)c1cc(-c2ccncc2)nc2ccccc12. The minimum absolute atomic E-state index is 0.125. The third kappa shape index (κ3) is 3.51. The van der Waals surface area contributed by atoms with Crippen LogP contribution in [0.5, 0.6) is 0 Å². The van der Waals surface area contributed by atoms with Crippen molar-refractivity contribution < 1.29 is 4.79 Å². The van der Waals surface area contributed by atoms with E-state index in [1.165, 1.54) is 0 Å². The van der Waals surface area contributed by atoms with Gasteiger partial charge in [0.1, 0.15) is 5.82 Å². The normalized spacial score (nSPS) is 11.1. The van der Waals surface area contributed by atoms with Gasteiger partial charge in [0.2, 0.25) is 0 Å². The minimum Gasteiger partial charge on any atom is -0.352 e. The van der Waals surface area contributed by atoms with Gasteiger partial charge in [-0.05, 0) is 36.4 Å². The second-order valence-corrected chi connectivity index (χ2v) is 7.01. The van der Waals surface area contributed by atoms with Crippen molar-refractivity contribution in [2.45, 2.75) is 6.42 Å². The first-order valence-corrected chi connectivity index (χ1v) is 9.80. The standard InChI is InChI=1S/C24H19N5O/c30-24(26-14-11-23-28-20-7-3-4-8-21(20)29-23)18-15-22(16-9-12-25-13-10-16)27-19-6-2-1-5-17(18)19/h1-10,12-13,15H,11,14H2,(H,26,30)(H,28,29). The van der Waals surface area contributed by atoms with Crippen LogP contribution in [0, 0.1) is 0 Å². The highest BCUT2D eigenvalue weighted by molar-refractivity contribution is 6.07. The number of hydrogen-bond donors (Lipinski definition) is 2. The van der Waals surface area contributed by atoms with Crippen LogP contribution in [0.15, 0.2) is 79.1 Å². The lowest BCUT2D eigenvalue weighted by Crippen LogP contribution is -2.26. The molecule has 0 saturated heterocycles. The van der Waals surface area contributed by atoms with Crippen LogP contribution in [0.25, 0.3) is 33.2 Å². The second-order valence-electron chi connectivity index (χ2n) is 7.01. The minimum atomic E-state index is -0.125. The van der Waals surface area contributed by atoms with Gasteiger partial charge in [0.25, 0.3) is 5.91 Å². The number of carbonyl (C=O) groups is 1. The molecule has 0 spiro atoms. The number of carbonyl (C=O) groups excluding carboxylic acids is 1. The zero-order valence-corrected chi connectivity index (χ0v) is 16.2. The Balaban J connectivity index is 1.39. The molecule has 0 saturated carbocycles. The number of amides is 1. The quantitative estimate of drug-likeness (QED) is 0.470. The summed E-state index contributed by atoms with van der Waals surface area (Å²) in [5.74, 6) is 0.730. The number of nitrogens with zero attached hydrogens (tertiary/aromatic N) is 3. The summed E-state index contributed by atoms with van der Waals surface area (Å²) in [6, 6.07) is 21.2. The molecular formula is C24H19N5O. The second kappa shape index (κ2) is 7.75. The first kappa shape index (κ1) is 18.0. The zero-order chi connectivity index (χ0) is 20.3. The lowest BCUT2D eigenvalue weighted by molar-refractivity contribution is 0.0955. The fraction of sp³-hybridized carbons (Fsp3) is 0.0833. The Morgan fingerprint density at radius 1 is 0.900 bits per heavy atom. The summed E-state index contributed by atoms with van der Waals surface area (Å²) in [4.78, 5) is 29.7. The molecule has 0 fully saturated rings. The number of imidazole rings is 1. The molecule has 2 N–H and O–H groups in total. The Bertz CT molecular complexity index is 1310. The monoisotopic (exact) mass is 393 g/mol. The van der Waals surface area contributed by atoms with Gasteiger partial charge < -0.3 is 10.3 Å². The van der Waals surface area contributed by atoms with E-state index in [9.17, 15) is 4.79 Å². The molecule has 0 bridgehead atoms. The molecule has 0 radical (unpaired) electrons. The van der Waals surface area contributed by atoms with E-state index < -0.39 is 0 Å². The van der Waals surface area contributed by atoms with E-state index in [0.717, 1.165) is 39.0 Å². The molecule has 0 aliphatic heterocycles. The average Bonchev–Trinajstić information content (AvgIpc) is 3.21. The molecule has 0 atom stereocenters.